The quantitative estimate of drug-likeness (QED) is 0.397. The number of hydrogen-bond donors (Lipinski definition) is 1. The van der Waals surface area contributed by atoms with Crippen molar-refractivity contribution in [2.24, 2.45) is 0 Å². The van der Waals surface area contributed by atoms with Crippen molar-refractivity contribution < 1.29 is 35.8 Å². The first-order chi connectivity index (χ1) is 8.96. The molecule has 0 spiro atoms. The molecule has 0 bridgehead atoms. The van der Waals surface area contributed by atoms with Crippen LogP contribution in [0.5, 0.6) is 0 Å². The molecule has 135 valence electrons. The van der Waals surface area contributed by atoms with E-state index in [1.54, 1.807) is 27.7 Å². The van der Waals surface area contributed by atoms with Gasteiger partial charge in [0.25, 0.3) is 0 Å². The van der Waals surface area contributed by atoms with Crippen molar-refractivity contribution in [1.82, 2.24) is 0 Å². The van der Waals surface area contributed by atoms with Gasteiger partial charge in [0.15, 0.2) is 22.4 Å². The Morgan fingerprint density at radius 3 is 1.50 bits per heavy atom. The number of aliphatic hydroxyl groups excluding tert-OH is 1. The number of hydrogen-bond acceptors (Lipinski definition) is 4. The molecule has 0 unspecified atom stereocenters. The Morgan fingerprint density at radius 2 is 1.18 bits per heavy atom. The Morgan fingerprint density at radius 1 is 0.864 bits per heavy atom. The van der Waals surface area contributed by atoms with Crippen LogP contribution in [0.4, 0.5) is 0 Å². The average Bonchev–Trinajstić information content (AvgIpc) is 2.08. The van der Waals surface area contributed by atoms with Crippen molar-refractivity contribution in [2.75, 3.05) is 0 Å². The predicted octanol–water partition coefficient (Wildman–Crippen LogP) is 4.26. The van der Waals surface area contributed by atoms with E-state index in [4.69, 9.17) is 8.85 Å². The van der Waals surface area contributed by atoms with E-state index in [1.165, 1.54) is 6.08 Å². The van der Waals surface area contributed by atoms with Crippen LogP contribution in [0.25, 0.3) is 0 Å². The second-order valence-corrected chi connectivity index (χ2v) is 17.2. The van der Waals surface area contributed by atoms with E-state index >= 15 is 0 Å². The molecule has 0 amide bonds. The third-order valence-corrected chi connectivity index (χ3v) is 4.85. The average molecular weight is 396 g/mol. The van der Waals surface area contributed by atoms with Gasteiger partial charge in [-0.2, -0.15) is 0 Å². The molecule has 1 radical (unpaired) electrons. The van der Waals surface area contributed by atoms with Crippen LogP contribution < -0.4 is 0 Å². The summed E-state index contributed by atoms with van der Waals surface area (Å²) >= 11 is 0. The van der Waals surface area contributed by atoms with Gasteiger partial charge in [-0.15, -0.1) is 0 Å². The molecule has 1 N–H and O–H groups in total. The van der Waals surface area contributed by atoms with Crippen LogP contribution in [0.3, 0.4) is 0 Å². The molecule has 0 fully saturated rings. The van der Waals surface area contributed by atoms with Crippen LogP contribution in [-0.2, 0) is 30.7 Å². The molecule has 22 heavy (non-hydrogen) atoms. The van der Waals surface area contributed by atoms with Gasteiger partial charge >= 0.3 is 0 Å². The SMILES string of the molecule is CC(C)(O[Si](C)(C)C)C(=O)/C=C(\O)C(C)(C)O[Si](C)(C)C.[Cu]. The molecule has 0 saturated carbocycles. The van der Waals surface area contributed by atoms with Gasteiger partial charge in [0.05, 0.1) is 0 Å². The molecule has 0 aliphatic rings. The Bertz CT molecular complexity index is 418. The molecule has 0 aromatic rings. The second kappa shape index (κ2) is 7.77. The fourth-order valence-electron chi connectivity index (χ4n) is 2.11. The second-order valence-electron chi connectivity index (χ2n) is 8.34. The minimum Gasteiger partial charge on any atom is -0.509 e. The van der Waals surface area contributed by atoms with Crippen molar-refractivity contribution in [1.29, 1.82) is 0 Å². The van der Waals surface area contributed by atoms with Crippen LogP contribution in [0.1, 0.15) is 27.7 Å². The van der Waals surface area contributed by atoms with Gasteiger partial charge in [-0.1, -0.05) is 0 Å². The Hall–Kier alpha value is 0.0832. The molecule has 0 aliphatic carbocycles. The first kappa shape index (κ1) is 24.3. The van der Waals surface area contributed by atoms with Crippen molar-refractivity contribution in [3.05, 3.63) is 11.8 Å². The maximum atomic E-state index is 12.4. The summed E-state index contributed by atoms with van der Waals surface area (Å²) in [6.07, 6.45) is 1.25. The number of rotatable bonds is 7. The normalized spacial score (nSPS) is 14.5. The van der Waals surface area contributed by atoms with Gasteiger partial charge in [0, 0.05) is 23.1 Å². The van der Waals surface area contributed by atoms with Gasteiger partial charge in [-0.3, -0.25) is 4.79 Å². The first-order valence-electron chi connectivity index (χ1n) is 7.32. The Balaban J connectivity index is 0. The van der Waals surface area contributed by atoms with Crippen molar-refractivity contribution in [3.63, 3.8) is 0 Å². The summed E-state index contributed by atoms with van der Waals surface area (Å²) in [5, 5.41) is 10.3. The Labute approximate surface area is 148 Å². The van der Waals surface area contributed by atoms with Gasteiger partial charge in [-0.05, 0) is 67.0 Å². The molecule has 0 saturated heterocycles. The molecular weight excluding hydrogens is 364 g/mol. The summed E-state index contributed by atoms with van der Waals surface area (Å²) in [7, 11) is -3.67. The van der Waals surface area contributed by atoms with Crippen LogP contribution in [0, 0.1) is 0 Å². The molecular formula is C15H32CuO4Si2. The van der Waals surface area contributed by atoms with E-state index in [9.17, 15) is 9.90 Å². The molecule has 0 aromatic heterocycles. The van der Waals surface area contributed by atoms with Crippen molar-refractivity contribution in [2.45, 2.75) is 78.2 Å². The van der Waals surface area contributed by atoms with Gasteiger partial charge < -0.3 is 14.0 Å². The van der Waals surface area contributed by atoms with Crippen LogP contribution >= 0.6 is 0 Å². The summed E-state index contributed by atoms with van der Waals surface area (Å²) in [6, 6.07) is 0. The number of carbonyl (C=O) groups is 1. The van der Waals surface area contributed by atoms with E-state index in [0.29, 0.717) is 0 Å². The van der Waals surface area contributed by atoms with E-state index in [2.05, 4.69) is 0 Å². The summed E-state index contributed by atoms with van der Waals surface area (Å²) in [6.45, 7) is 19.3. The third-order valence-electron chi connectivity index (χ3n) is 2.60. The van der Waals surface area contributed by atoms with Gasteiger partial charge in [0.1, 0.15) is 17.0 Å². The van der Waals surface area contributed by atoms with E-state index < -0.39 is 27.8 Å². The molecule has 4 nitrogen and oxygen atoms in total. The smallest absolute Gasteiger partial charge is 0.189 e. The number of carbonyl (C=O) groups excluding carboxylic acids is 1. The first-order valence-corrected chi connectivity index (χ1v) is 14.1. The monoisotopic (exact) mass is 395 g/mol. The molecule has 0 rings (SSSR count). The van der Waals surface area contributed by atoms with E-state index in [1.807, 2.05) is 39.3 Å². The summed E-state index contributed by atoms with van der Waals surface area (Å²) in [5.74, 6) is -0.295. The van der Waals surface area contributed by atoms with E-state index in [-0.39, 0.29) is 28.6 Å². The van der Waals surface area contributed by atoms with Crippen molar-refractivity contribution >= 4 is 22.4 Å². The molecule has 0 aromatic carbocycles. The maximum Gasteiger partial charge on any atom is 0.189 e. The number of ketones is 1. The van der Waals surface area contributed by atoms with Gasteiger partial charge in [-0.25, -0.2) is 0 Å². The minimum atomic E-state index is -1.85. The van der Waals surface area contributed by atoms with E-state index in [0.717, 1.165) is 0 Å². The van der Waals surface area contributed by atoms with Crippen molar-refractivity contribution in [3.8, 4) is 0 Å². The molecule has 0 heterocycles. The maximum absolute atomic E-state index is 12.4. The Kier molecular flexibility index (Phi) is 8.59. The summed E-state index contributed by atoms with van der Waals surface area (Å²) in [5.41, 5.74) is -1.80. The largest absolute Gasteiger partial charge is 0.509 e. The van der Waals surface area contributed by atoms with Crippen LogP contribution in [-0.4, -0.2) is 38.7 Å². The minimum absolute atomic E-state index is 0. The number of aliphatic hydroxyl groups is 1. The van der Waals surface area contributed by atoms with Gasteiger partial charge in [0.2, 0.25) is 0 Å². The molecule has 0 aliphatic heterocycles. The predicted molar refractivity (Wildman–Crippen MR) is 92.7 cm³/mol. The molecule has 0 atom stereocenters. The zero-order valence-corrected chi connectivity index (χ0v) is 18.5. The third kappa shape index (κ3) is 9.27. The zero-order valence-electron chi connectivity index (χ0n) is 15.6. The fourth-order valence-corrected chi connectivity index (χ4v) is 5.37. The topological polar surface area (TPSA) is 55.8 Å². The van der Waals surface area contributed by atoms with Crippen LogP contribution in [0.2, 0.25) is 39.3 Å². The molecule has 7 heteroatoms. The summed E-state index contributed by atoms with van der Waals surface area (Å²) in [4.78, 5) is 12.4. The fraction of sp³-hybridized carbons (Fsp3) is 0.800. The zero-order chi connectivity index (χ0) is 17.3. The standard InChI is InChI=1S/C15H32O4Si2.Cu/c1-14(2,18-20(5,6)7)12(16)11-13(17)15(3,4)19-21(8,9)10;/h11,16H,1-10H3;/b12-11-;. The summed E-state index contributed by atoms with van der Waals surface area (Å²) < 4.78 is 11.8. The van der Waals surface area contributed by atoms with Crippen LogP contribution in [0.15, 0.2) is 11.8 Å².